The molecule has 228 valence electrons. The number of nitrogens with zero attached hydrogens (tertiary/aromatic N) is 2. The summed E-state index contributed by atoms with van der Waals surface area (Å²) < 4.78 is 4.74. The second-order valence-electron chi connectivity index (χ2n) is 13.0. The van der Waals surface area contributed by atoms with Gasteiger partial charge in [-0.2, -0.15) is 0 Å². The molecule has 0 spiro atoms. The van der Waals surface area contributed by atoms with E-state index in [1.54, 1.807) is 0 Å². The Hall–Kier alpha value is -6.09. The lowest BCUT2D eigenvalue weighted by molar-refractivity contribution is 1.14. The van der Waals surface area contributed by atoms with E-state index in [0.717, 1.165) is 33.4 Å². The van der Waals surface area contributed by atoms with E-state index >= 15 is 0 Å². The van der Waals surface area contributed by atoms with Crippen LogP contribution in [-0.2, 0) is 0 Å². The summed E-state index contributed by atoms with van der Waals surface area (Å²) in [6.45, 7) is 0. The normalized spacial score (nSPS) is 12.2. The summed E-state index contributed by atoms with van der Waals surface area (Å²) in [5, 5.41) is 15.6. The van der Waals surface area contributed by atoms with Crippen molar-refractivity contribution in [3.8, 4) is 11.4 Å². The van der Waals surface area contributed by atoms with Crippen LogP contribution in [-0.4, -0.2) is 9.13 Å². The van der Waals surface area contributed by atoms with E-state index in [1.165, 1.54) is 64.6 Å². The standard InChI is InChI=1S/C46H27ClN2/c47-46-40(48-36-24-20-28-10-1-5-14-32(28)42(36)43-33-15-6-2-11-29(33)21-25-37(43)48)18-9-19-41(46)49-38-26-22-30-12-3-7-16-34(30)44(38)45-35-17-8-4-13-31(35)23-27-39(45)49/h1-27H. The lowest BCUT2D eigenvalue weighted by atomic mass is 10.00. The van der Waals surface area contributed by atoms with Gasteiger partial charge in [0.25, 0.3) is 0 Å². The highest BCUT2D eigenvalue weighted by atomic mass is 35.5. The molecule has 0 saturated carbocycles. The monoisotopic (exact) mass is 642 g/mol. The molecule has 0 atom stereocenters. The van der Waals surface area contributed by atoms with Crippen molar-refractivity contribution in [3.63, 3.8) is 0 Å². The Morgan fingerprint density at radius 1 is 0.286 bits per heavy atom. The van der Waals surface area contributed by atoms with Crippen molar-refractivity contribution >= 4 is 98.3 Å². The first kappa shape index (κ1) is 26.9. The van der Waals surface area contributed by atoms with Crippen molar-refractivity contribution in [1.29, 1.82) is 0 Å². The lowest BCUT2D eigenvalue weighted by Crippen LogP contribution is -2.01. The zero-order chi connectivity index (χ0) is 32.2. The molecule has 0 unspecified atom stereocenters. The molecule has 2 heterocycles. The van der Waals surface area contributed by atoms with Crippen molar-refractivity contribution in [2.75, 3.05) is 0 Å². The molecule has 0 amide bonds. The highest BCUT2D eigenvalue weighted by Gasteiger charge is 2.22. The lowest BCUT2D eigenvalue weighted by Gasteiger charge is -2.16. The molecule has 0 bridgehead atoms. The molecule has 49 heavy (non-hydrogen) atoms. The van der Waals surface area contributed by atoms with Gasteiger partial charge in [-0.1, -0.05) is 139 Å². The SMILES string of the molecule is Clc1c(-n2c3ccc4ccccc4c3c3c4ccccc4ccc32)cccc1-n1c2ccc3ccccc3c2c2c3ccccc3ccc21. The van der Waals surface area contributed by atoms with E-state index in [2.05, 4.69) is 173 Å². The van der Waals surface area contributed by atoms with Gasteiger partial charge < -0.3 is 9.13 Å². The Kier molecular flexibility index (Phi) is 5.47. The van der Waals surface area contributed by atoms with Crippen molar-refractivity contribution in [2.45, 2.75) is 0 Å². The third kappa shape index (κ3) is 3.61. The summed E-state index contributed by atoms with van der Waals surface area (Å²) in [7, 11) is 0. The molecular weight excluding hydrogens is 616 g/mol. The van der Waals surface area contributed by atoms with Gasteiger partial charge in [0, 0.05) is 21.5 Å². The molecule has 9 aromatic carbocycles. The molecule has 0 saturated heterocycles. The molecule has 0 aliphatic heterocycles. The van der Waals surface area contributed by atoms with Gasteiger partial charge in [0.15, 0.2) is 0 Å². The number of hydrogen-bond donors (Lipinski definition) is 0. The molecule has 2 aromatic heterocycles. The van der Waals surface area contributed by atoms with E-state index in [9.17, 15) is 0 Å². The molecule has 0 fully saturated rings. The second kappa shape index (κ2) is 9.96. The Balaban J connectivity index is 1.29. The summed E-state index contributed by atoms with van der Waals surface area (Å²) in [5.74, 6) is 0. The van der Waals surface area contributed by atoms with Gasteiger partial charge in [-0.05, 0) is 79.5 Å². The fourth-order valence-electron chi connectivity index (χ4n) is 8.47. The van der Waals surface area contributed by atoms with E-state index in [4.69, 9.17) is 11.6 Å². The van der Waals surface area contributed by atoms with Crippen LogP contribution in [0.15, 0.2) is 164 Å². The van der Waals surface area contributed by atoms with Gasteiger partial charge in [-0.3, -0.25) is 0 Å². The number of hydrogen-bond acceptors (Lipinski definition) is 0. The first-order chi connectivity index (χ1) is 24.3. The molecular formula is C46H27ClN2. The highest BCUT2D eigenvalue weighted by molar-refractivity contribution is 6.36. The minimum atomic E-state index is 0.711. The smallest absolute Gasteiger partial charge is 0.0887 e. The number of aromatic nitrogens is 2. The summed E-state index contributed by atoms with van der Waals surface area (Å²) in [6, 6.07) is 59.2. The van der Waals surface area contributed by atoms with Crippen molar-refractivity contribution in [1.82, 2.24) is 9.13 Å². The predicted octanol–water partition coefficient (Wildman–Crippen LogP) is 13.1. The van der Waals surface area contributed by atoms with Crippen molar-refractivity contribution in [2.24, 2.45) is 0 Å². The fourth-order valence-corrected chi connectivity index (χ4v) is 8.76. The minimum absolute atomic E-state index is 0.711. The Morgan fingerprint density at radius 2 is 0.571 bits per heavy atom. The first-order valence-electron chi connectivity index (χ1n) is 16.7. The van der Waals surface area contributed by atoms with Crippen LogP contribution in [0.3, 0.4) is 0 Å². The number of halogens is 1. The maximum absolute atomic E-state index is 7.72. The van der Waals surface area contributed by atoms with Gasteiger partial charge in [0.1, 0.15) is 0 Å². The van der Waals surface area contributed by atoms with Crippen LogP contribution in [0.2, 0.25) is 5.02 Å². The van der Waals surface area contributed by atoms with Gasteiger partial charge in [0.2, 0.25) is 0 Å². The molecule has 3 heteroatoms. The largest absolute Gasteiger partial charge is 0.308 e. The number of fused-ring (bicyclic) bond motifs is 14. The van der Waals surface area contributed by atoms with Gasteiger partial charge in [-0.25, -0.2) is 0 Å². The maximum atomic E-state index is 7.72. The molecule has 11 aromatic rings. The first-order valence-corrected chi connectivity index (χ1v) is 17.1. The summed E-state index contributed by atoms with van der Waals surface area (Å²) in [4.78, 5) is 0. The van der Waals surface area contributed by atoms with Crippen molar-refractivity contribution in [3.05, 3.63) is 169 Å². The van der Waals surface area contributed by atoms with Gasteiger partial charge in [0.05, 0.1) is 38.5 Å². The fraction of sp³-hybridized carbons (Fsp3) is 0. The van der Waals surface area contributed by atoms with E-state index < -0.39 is 0 Å². The minimum Gasteiger partial charge on any atom is -0.308 e. The zero-order valence-electron chi connectivity index (χ0n) is 26.4. The van der Waals surface area contributed by atoms with Crippen LogP contribution in [0.1, 0.15) is 0 Å². The molecule has 0 radical (unpaired) electrons. The zero-order valence-corrected chi connectivity index (χ0v) is 27.1. The summed E-state index contributed by atoms with van der Waals surface area (Å²) in [6.07, 6.45) is 0. The van der Waals surface area contributed by atoms with Crippen LogP contribution in [0, 0.1) is 0 Å². The summed E-state index contributed by atoms with van der Waals surface area (Å²) >= 11 is 7.72. The molecule has 2 nitrogen and oxygen atoms in total. The van der Waals surface area contributed by atoms with E-state index in [-0.39, 0.29) is 0 Å². The predicted molar refractivity (Wildman–Crippen MR) is 210 cm³/mol. The van der Waals surface area contributed by atoms with Crippen LogP contribution >= 0.6 is 11.6 Å². The average Bonchev–Trinajstić information content (AvgIpc) is 3.69. The van der Waals surface area contributed by atoms with E-state index in [0.29, 0.717) is 5.02 Å². The third-order valence-corrected chi connectivity index (χ3v) is 10.9. The highest BCUT2D eigenvalue weighted by Crippen LogP contribution is 2.45. The third-order valence-electron chi connectivity index (χ3n) is 10.5. The topological polar surface area (TPSA) is 9.86 Å². The second-order valence-corrected chi connectivity index (χ2v) is 13.4. The molecule has 0 N–H and O–H groups in total. The van der Waals surface area contributed by atoms with Crippen LogP contribution in [0.25, 0.3) is 98.1 Å². The van der Waals surface area contributed by atoms with Gasteiger partial charge >= 0.3 is 0 Å². The average molecular weight is 643 g/mol. The van der Waals surface area contributed by atoms with Gasteiger partial charge in [-0.15, -0.1) is 0 Å². The van der Waals surface area contributed by atoms with Crippen LogP contribution < -0.4 is 0 Å². The Labute approximate surface area is 286 Å². The number of rotatable bonds is 2. The quantitative estimate of drug-likeness (QED) is 0.177. The van der Waals surface area contributed by atoms with Crippen LogP contribution in [0.5, 0.6) is 0 Å². The Bertz CT molecular complexity index is 2780. The van der Waals surface area contributed by atoms with E-state index in [1.807, 2.05) is 0 Å². The Morgan fingerprint density at radius 3 is 0.878 bits per heavy atom. The van der Waals surface area contributed by atoms with Crippen LogP contribution in [0.4, 0.5) is 0 Å². The molecule has 0 aliphatic rings. The number of benzene rings is 9. The molecule has 11 rings (SSSR count). The molecule has 0 aliphatic carbocycles. The maximum Gasteiger partial charge on any atom is 0.0887 e. The summed E-state index contributed by atoms with van der Waals surface area (Å²) in [5.41, 5.74) is 6.49. The van der Waals surface area contributed by atoms with Crippen molar-refractivity contribution < 1.29 is 0 Å².